The van der Waals surface area contributed by atoms with Crippen molar-refractivity contribution in [3.8, 4) is 33.9 Å². The quantitative estimate of drug-likeness (QED) is 0.201. The van der Waals surface area contributed by atoms with Crippen molar-refractivity contribution in [2.24, 2.45) is 0 Å². The number of furan rings is 1. The molecule has 0 atom stereocenters. The molecule has 0 aliphatic heterocycles. The topological polar surface area (TPSA) is 35.9 Å². The van der Waals surface area contributed by atoms with Crippen LogP contribution in [0.3, 0.4) is 0 Å². The van der Waals surface area contributed by atoms with E-state index in [1.807, 2.05) is 12.1 Å². The second kappa shape index (κ2) is 10.1. The molecule has 47 heavy (non-hydrogen) atoms. The largest absolute Gasteiger partial charge is 0.454 e. The lowest BCUT2D eigenvalue weighted by Crippen LogP contribution is -1.97. The minimum absolute atomic E-state index is 0.876. The van der Waals surface area contributed by atoms with Crippen molar-refractivity contribution >= 4 is 54.8 Å². The van der Waals surface area contributed by atoms with E-state index in [-0.39, 0.29) is 0 Å². The number of para-hydroxylation sites is 6. The van der Waals surface area contributed by atoms with Gasteiger partial charge in [0, 0.05) is 32.8 Å². The number of nitrogens with zero attached hydrogens (tertiary/aromatic N) is 3. The molecule has 220 valence electrons. The smallest absolute Gasteiger partial charge is 0.159 e. The van der Waals surface area contributed by atoms with Crippen molar-refractivity contribution in [3.63, 3.8) is 0 Å². The van der Waals surface area contributed by atoms with Gasteiger partial charge in [0.2, 0.25) is 0 Å². The summed E-state index contributed by atoms with van der Waals surface area (Å²) in [4.78, 5) is 5.04. The van der Waals surface area contributed by atoms with Crippen molar-refractivity contribution in [1.29, 1.82) is 0 Å². The summed E-state index contributed by atoms with van der Waals surface area (Å²) < 4.78 is 11.3. The second-order valence-electron chi connectivity index (χ2n) is 12.0. The molecule has 10 aromatic rings. The van der Waals surface area contributed by atoms with Crippen molar-refractivity contribution in [1.82, 2.24) is 14.1 Å². The van der Waals surface area contributed by atoms with Crippen LogP contribution in [0.5, 0.6) is 0 Å². The van der Waals surface area contributed by atoms with Crippen molar-refractivity contribution < 1.29 is 4.42 Å². The van der Waals surface area contributed by atoms with E-state index in [0.29, 0.717) is 0 Å². The molecule has 0 saturated heterocycles. The lowest BCUT2D eigenvalue weighted by Gasteiger charge is -2.10. The van der Waals surface area contributed by atoms with Gasteiger partial charge in [-0.3, -0.25) is 4.57 Å². The summed E-state index contributed by atoms with van der Waals surface area (Å²) in [5, 5.41) is 4.70. The molecule has 4 heteroatoms. The third-order valence-corrected chi connectivity index (χ3v) is 9.35. The zero-order valence-corrected chi connectivity index (χ0v) is 25.3. The molecule has 0 radical (unpaired) electrons. The maximum Gasteiger partial charge on any atom is 0.159 e. The molecule has 0 spiro atoms. The van der Waals surface area contributed by atoms with Gasteiger partial charge in [-0.15, -0.1) is 0 Å². The molecule has 10 rings (SSSR count). The van der Waals surface area contributed by atoms with E-state index in [0.717, 1.165) is 66.9 Å². The van der Waals surface area contributed by atoms with Crippen LogP contribution in [0.25, 0.3) is 88.7 Å². The molecule has 0 bridgehead atoms. The Morgan fingerprint density at radius 3 is 1.81 bits per heavy atom. The van der Waals surface area contributed by atoms with E-state index >= 15 is 0 Å². The monoisotopic (exact) mass is 601 g/mol. The van der Waals surface area contributed by atoms with E-state index in [1.54, 1.807) is 0 Å². The van der Waals surface area contributed by atoms with Gasteiger partial charge in [-0.2, -0.15) is 0 Å². The number of rotatable bonds is 4. The summed E-state index contributed by atoms with van der Waals surface area (Å²) in [6, 6.07) is 57.6. The predicted octanol–water partition coefficient (Wildman–Crippen LogP) is 11.4. The fourth-order valence-electron chi connectivity index (χ4n) is 7.19. The van der Waals surface area contributed by atoms with Gasteiger partial charge in [-0.05, 0) is 65.7 Å². The first-order chi connectivity index (χ1) is 23.3. The van der Waals surface area contributed by atoms with Crippen LogP contribution in [0.15, 0.2) is 168 Å². The molecule has 0 fully saturated rings. The van der Waals surface area contributed by atoms with E-state index in [1.165, 1.54) is 21.8 Å². The number of fused-ring (bicyclic) bond motifs is 7. The van der Waals surface area contributed by atoms with Crippen LogP contribution >= 0.6 is 0 Å². The Bertz CT molecular complexity index is 2730. The second-order valence-corrected chi connectivity index (χ2v) is 12.0. The van der Waals surface area contributed by atoms with Crippen LogP contribution in [0, 0.1) is 0 Å². The van der Waals surface area contributed by atoms with Crippen molar-refractivity contribution in [2.45, 2.75) is 0 Å². The average molecular weight is 602 g/mol. The SMILES string of the molecule is c1ccc(-n2c(-c3ccc(-c4ccc5c(c4)oc4c(-n6c7ccccc7c7ccccc76)cccc45)cc3)nc3ccccc32)cc1. The number of hydrogen-bond donors (Lipinski definition) is 0. The van der Waals surface area contributed by atoms with Crippen molar-refractivity contribution in [3.05, 3.63) is 164 Å². The highest BCUT2D eigenvalue weighted by Gasteiger charge is 2.18. The van der Waals surface area contributed by atoms with E-state index in [2.05, 4.69) is 161 Å². The van der Waals surface area contributed by atoms with Gasteiger partial charge < -0.3 is 8.98 Å². The van der Waals surface area contributed by atoms with E-state index < -0.39 is 0 Å². The summed E-state index contributed by atoms with van der Waals surface area (Å²) in [6.07, 6.45) is 0. The van der Waals surface area contributed by atoms with Crippen LogP contribution in [0.1, 0.15) is 0 Å². The zero-order chi connectivity index (χ0) is 30.9. The maximum absolute atomic E-state index is 6.72. The molecule has 4 nitrogen and oxygen atoms in total. The van der Waals surface area contributed by atoms with E-state index in [9.17, 15) is 0 Å². The van der Waals surface area contributed by atoms with Crippen molar-refractivity contribution in [2.75, 3.05) is 0 Å². The zero-order valence-electron chi connectivity index (χ0n) is 25.3. The summed E-state index contributed by atoms with van der Waals surface area (Å²) in [5.74, 6) is 0.925. The standard InChI is InChI=1S/C43H27N3O/c1-2-11-31(12-3-1)45-39-19-9-6-16-36(39)44-43(45)29-23-21-28(22-24-29)30-25-26-34-35-15-10-20-40(42(35)47-41(34)27-30)46-37-17-7-4-13-32(37)33-14-5-8-18-38(33)46/h1-27H. The molecular weight excluding hydrogens is 574 g/mol. The van der Waals surface area contributed by atoms with Gasteiger partial charge in [-0.1, -0.05) is 109 Å². The fraction of sp³-hybridized carbons (Fsp3) is 0. The Hall–Kier alpha value is -6.39. The van der Waals surface area contributed by atoms with Gasteiger partial charge in [-0.25, -0.2) is 4.98 Å². The molecule has 0 N–H and O–H groups in total. The molecule has 0 aliphatic rings. The lowest BCUT2D eigenvalue weighted by atomic mass is 10.0. The highest BCUT2D eigenvalue weighted by molar-refractivity contribution is 6.13. The highest BCUT2D eigenvalue weighted by Crippen LogP contribution is 2.39. The first kappa shape index (κ1) is 25.9. The molecule has 0 amide bonds. The first-order valence-electron chi connectivity index (χ1n) is 15.9. The van der Waals surface area contributed by atoms with Crippen LogP contribution in [-0.4, -0.2) is 14.1 Å². The number of benzene rings is 7. The van der Waals surface area contributed by atoms with Crippen LogP contribution < -0.4 is 0 Å². The Morgan fingerprint density at radius 2 is 1.04 bits per heavy atom. The highest BCUT2D eigenvalue weighted by atomic mass is 16.3. The molecule has 0 aliphatic carbocycles. The van der Waals surface area contributed by atoms with Crippen LogP contribution in [-0.2, 0) is 0 Å². The number of imidazole rings is 1. The van der Waals surface area contributed by atoms with Crippen LogP contribution in [0.4, 0.5) is 0 Å². The molecule has 0 unspecified atom stereocenters. The third-order valence-electron chi connectivity index (χ3n) is 9.35. The van der Waals surface area contributed by atoms with Crippen LogP contribution in [0.2, 0.25) is 0 Å². The summed E-state index contributed by atoms with van der Waals surface area (Å²) >= 11 is 0. The maximum atomic E-state index is 6.72. The molecule has 3 aromatic heterocycles. The Morgan fingerprint density at radius 1 is 0.426 bits per heavy atom. The predicted molar refractivity (Wildman–Crippen MR) is 194 cm³/mol. The lowest BCUT2D eigenvalue weighted by molar-refractivity contribution is 0.666. The minimum Gasteiger partial charge on any atom is -0.454 e. The minimum atomic E-state index is 0.876. The van der Waals surface area contributed by atoms with Gasteiger partial charge in [0.1, 0.15) is 11.4 Å². The number of hydrogen-bond acceptors (Lipinski definition) is 2. The Kier molecular flexibility index (Phi) is 5.54. The molecule has 3 heterocycles. The van der Waals surface area contributed by atoms with Gasteiger partial charge in [0.15, 0.2) is 5.58 Å². The van der Waals surface area contributed by atoms with Gasteiger partial charge >= 0.3 is 0 Å². The summed E-state index contributed by atoms with van der Waals surface area (Å²) in [7, 11) is 0. The van der Waals surface area contributed by atoms with Gasteiger partial charge in [0.05, 0.1) is 27.8 Å². The Labute approximate surface area is 270 Å². The molecular formula is C43H27N3O. The van der Waals surface area contributed by atoms with E-state index in [4.69, 9.17) is 9.40 Å². The Balaban J connectivity index is 1.08. The number of aromatic nitrogens is 3. The van der Waals surface area contributed by atoms with Gasteiger partial charge in [0.25, 0.3) is 0 Å². The third kappa shape index (κ3) is 3.92. The summed E-state index contributed by atoms with van der Waals surface area (Å²) in [6.45, 7) is 0. The summed E-state index contributed by atoms with van der Waals surface area (Å²) in [5.41, 5.74) is 11.6. The average Bonchev–Trinajstić information content (AvgIpc) is 3.82. The molecule has 7 aromatic carbocycles. The molecule has 0 saturated carbocycles. The normalized spacial score (nSPS) is 11.8. The fourth-order valence-corrected chi connectivity index (χ4v) is 7.19. The first-order valence-corrected chi connectivity index (χ1v) is 15.9.